The van der Waals surface area contributed by atoms with Crippen LogP contribution >= 0.6 is 0 Å². The summed E-state index contributed by atoms with van der Waals surface area (Å²) in [5, 5.41) is 0. The van der Waals surface area contributed by atoms with E-state index in [1.54, 1.807) is 0 Å². The first kappa shape index (κ1) is 11.9. The zero-order valence-electron chi connectivity index (χ0n) is 8.81. The van der Waals surface area contributed by atoms with Crippen LogP contribution in [0.5, 0.6) is 0 Å². The molecule has 0 atom stereocenters. The van der Waals surface area contributed by atoms with E-state index in [-0.39, 0.29) is 0 Å². The largest absolute Gasteiger partial charge is 0.380 e. The van der Waals surface area contributed by atoms with Gasteiger partial charge in [-0.15, -0.1) is 0 Å². The number of hydrogen-bond acceptors (Lipinski definition) is 2. The Bertz CT molecular complexity index is 85.9. The van der Waals surface area contributed by atoms with Crippen LogP contribution in [-0.4, -0.2) is 38.3 Å². The van der Waals surface area contributed by atoms with Gasteiger partial charge in [0.2, 0.25) is 0 Å². The zero-order valence-corrected chi connectivity index (χ0v) is 8.81. The van der Waals surface area contributed by atoms with E-state index in [0.29, 0.717) is 0 Å². The van der Waals surface area contributed by atoms with Gasteiger partial charge in [-0.2, -0.15) is 0 Å². The molecule has 2 heteroatoms. The monoisotopic (exact) mass is 173 g/mol. The van der Waals surface area contributed by atoms with Gasteiger partial charge >= 0.3 is 0 Å². The first-order valence-corrected chi connectivity index (χ1v) is 5.07. The van der Waals surface area contributed by atoms with Crippen LogP contribution in [0.25, 0.3) is 0 Å². The summed E-state index contributed by atoms with van der Waals surface area (Å²) in [7, 11) is 2.12. The highest BCUT2D eigenvalue weighted by molar-refractivity contribution is 4.45. The average Bonchev–Trinajstić information content (AvgIpc) is 2.10. The summed E-state index contributed by atoms with van der Waals surface area (Å²) in [6.45, 7) is 8.36. The maximum atomic E-state index is 5.47. The molecule has 0 aromatic carbocycles. The Balaban J connectivity index is 2.90. The van der Waals surface area contributed by atoms with Gasteiger partial charge in [0, 0.05) is 13.2 Å². The highest BCUT2D eigenvalue weighted by Crippen LogP contribution is 1.93. The van der Waals surface area contributed by atoms with Crippen molar-refractivity contribution in [3.05, 3.63) is 0 Å². The number of unbranched alkanes of at least 4 members (excludes halogenated alkanes) is 2. The Labute approximate surface area is 76.9 Å². The minimum Gasteiger partial charge on any atom is -0.380 e. The third-order valence-corrected chi connectivity index (χ3v) is 2.05. The number of likely N-dealkylation sites (N-methyl/N-ethyl adjacent to an activating group) is 1. The smallest absolute Gasteiger partial charge is 0.0593 e. The van der Waals surface area contributed by atoms with E-state index in [2.05, 4.69) is 25.8 Å². The van der Waals surface area contributed by atoms with Crippen LogP contribution in [-0.2, 0) is 4.74 Å². The Morgan fingerprint density at radius 3 is 2.42 bits per heavy atom. The molecular weight excluding hydrogens is 150 g/mol. The molecule has 0 unspecified atom stereocenters. The van der Waals surface area contributed by atoms with Gasteiger partial charge in [-0.25, -0.2) is 0 Å². The van der Waals surface area contributed by atoms with Gasteiger partial charge in [-0.1, -0.05) is 26.7 Å². The fourth-order valence-electron chi connectivity index (χ4n) is 0.935. The lowest BCUT2D eigenvalue weighted by Crippen LogP contribution is -2.22. The number of rotatable bonds is 8. The molecule has 0 fully saturated rings. The zero-order chi connectivity index (χ0) is 9.23. The molecule has 0 bridgehead atoms. The van der Waals surface area contributed by atoms with Crippen molar-refractivity contribution in [1.29, 1.82) is 0 Å². The van der Waals surface area contributed by atoms with Gasteiger partial charge in [0.15, 0.2) is 0 Å². The van der Waals surface area contributed by atoms with Gasteiger partial charge in [0.05, 0.1) is 6.61 Å². The molecule has 0 heterocycles. The fourth-order valence-corrected chi connectivity index (χ4v) is 0.935. The Kier molecular flexibility index (Phi) is 8.95. The minimum atomic E-state index is 0.883. The predicted molar refractivity (Wildman–Crippen MR) is 53.5 cm³/mol. The second-order valence-electron chi connectivity index (χ2n) is 3.22. The SMILES string of the molecule is CCCCCOCCN(C)CC. The Hall–Kier alpha value is -0.0800. The van der Waals surface area contributed by atoms with E-state index in [9.17, 15) is 0 Å². The molecule has 0 amide bonds. The lowest BCUT2D eigenvalue weighted by Gasteiger charge is -2.13. The molecule has 0 spiro atoms. The normalized spacial score (nSPS) is 11.0. The molecule has 0 aromatic rings. The first-order valence-electron chi connectivity index (χ1n) is 5.07. The van der Waals surface area contributed by atoms with Crippen LogP contribution < -0.4 is 0 Å². The van der Waals surface area contributed by atoms with Crippen LogP contribution in [0.4, 0.5) is 0 Å². The van der Waals surface area contributed by atoms with Crippen LogP contribution in [0.1, 0.15) is 33.1 Å². The highest BCUT2D eigenvalue weighted by atomic mass is 16.5. The quantitative estimate of drug-likeness (QED) is 0.521. The van der Waals surface area contributed by atoms with Crippen LogP contribution in [0.3, 0.4) is 0 Å². The molecule has 0 N–H and O–H groups in total. The summed E-state index contributed by atoms with van der Waals surface area (Å²) in [4.78, 5) is 2.26. The van der Waals surface area contributed by atoms with Crippen molar-refractivity contribution in [2.75, 3.05) is 33.4 Å². The van der Waals surface area contributed by atoms with Crippen LogP contribution in [0.15, 0.2) is 0 Å². The lowest BCUT2D eigenvalue weighted by atomic mass is 10.3. The van der Waals surface area contributed by atoms with Crippen molar-refractivity contribution in [2.45, 2.75) is 33.1 Å². The summed E-state index contributed by atoms with van der Waals surface area (Å²) in [5.41, 5.74) is 0. The number of nitrogens with zero attached hydrogens (tertiary/aromatic N) is 1. The summed E-state index contributed by atoms with van der Waals surface area (Å²) in [5.74, 6) is 0. The Morgan fingerprint density at radius 2 is 1.83 bits per heavy atom. The predicted octanol–water partition coefficient (Wildman–Crippen LogP) is 2.14. The van der Waals surface area contributed by atoms with Crippen LogP contribution in [0.2, 0.25) is 0 Å². The lowest BCUT2D eigenvalue weighted by molar-refractivity contribution is 0.110. The van der Waals surface area contributed by atoms with Crippen molar-refractivity contribution >= 4 is 0 Å². The van der Waals surface area contributed by atoms with Gasteiger partial charge in [0.1, 0.15) is 0 Å². The van der Waals surface area contributed by atoms with E-state index < -0.39 is 0 Å². The molecule has 0 aliphatic rings. The fraction of sp³-hybridized carbons (Fsp3) is 1.00. The van der Waals surface area contributed by atoms with E-state index in [4.69, 9.17) is 4.74 Å². The molecule has 0 rings (SSSR count). The van der Waals surface area contributed by atoms with E-state index in [1.807, 2.05) is 0 Å². The maximum Gasteiger partial charge on any atom is 0.0593 e. The molecule has 0 radical (unpaired) electrons. The van der Waals surface area contributed by atoms with Crippen molar-refractivity contribution in [1.82, 2.24) is 4.90 Å². The molecule has 0 aliphatic carbocycles. The van der Waals surface area contributed by atoms with Crippen LogP contribution in [0, 0.1) is 0 Å². The summed E-state index contributed by atoms with van der Waals surface area (Å²) in [6, 6.07) is 0. The number of ether oxygens (including phenoxy) is 1. The molecule has 0 saturated heterocycles. The second kappa shape index (κ2) is 9.01. The van der Waals surface area contributed by atoms with Crippen molar-refractivity contribution < 1.29 is 4.74 Å². The molecule has 0 aliphatic heterocycles. The summed E-state index contributed by atoms with van der Waals surface area (Å²) < 4.78 is 5.47. The van der Waals surface area contributed by atoms with Gasteiger partial charge in [-0.3, -0.25) is 0 Å². The molecule has 0 aromatic heterocycles. The van der Waals surface area contributed by atoms with E-state index >= 15 is 0 Å². The Morgan fingerprint density at radius 1 is 1.08 bits per heavy atom. The second-order valence-corrected chi connectivity index (χ2v) is 3.22. The molecule has 0 saturated carbocycles. The standard InChI is InChI=1S/C10H23NO/c1-4-6-7-9-12-10-8-11(3)5-2/h4-10H2,1-3H3. The molecule has 2 nitrogen and oxygen atoms in total. The van der Waals surface area contributed by atoms with Crippen molar-refractivity contribution in [2.24, 2.45) is 0 Å². The average molecular weight is 173 g/mol. The van der Waals surface area contributed by atoms with Gasteiger partial charge in [-0.05, 0) is 20.0 Å². The third kappa shape index (κ3) is 8.02. The minimum absolute atomic E-state index is 0.883. The third-order valence-electron chi connectivity index (χ3n) is 2.05. The summed E-state index contributed by atoms with van der Waals surface area (Å²) >= 11 is 0. The van der Waals surface area contributed by atoms with Gasteiger partial charge in [0.25, 0.3) is 0 Å². The summed E-state index contributed by atoms with van der Waals surface area (Å²) in [6.07, 6.45) is 3.79. The number of hydrogen-bond donors (Lipinski definition) is 0. The maximum absolute atomic E-state index is 5.47. The first-order chi connectivity index (χ1) is 5.81. The topological polar surface area (TPSA) is 12.5 Å². The molecule has 12 heavy (non-hydrogen) atoms. The van der Waals surface area contributed by atoms with E-state index in [0.717, 1.165) is 26.3 Å². The van der Waals surface area contributed by atoms with Gasteiger partial charge < -0.3 is 9.64 Å². The molecular formula is C10H23NO. The van der Waals surface area contributed by atoms with E-state index in [1.165, 1.54) is 19.3 Å². The van der Waals surface area contributed by atoms with Crippen molar-refractivity contribution in [3.63, 3.8) is 0 Å². The molecule has 74 valence electrons. The van der Waals surface area contributed by atoms with Crippen molar-refractivity contribution in [3.8, 4) is 0 Å². The highest BCUT2D eigenvalue weighted by Gasteiger charge is 1.93.